The van der Waals surface area contributed by atoms with E-state index in [4.69, 9.17) is 0 Å². The van der Waals surface area contributed by atoms with Crippen molar-refractivity contribution in [3.05, 3.63) is 64.4 Å². The molecule has 1 saturated heterocycles. The molecule has 6 nitrogen and oxygen atoms in total. The van der Waals surface area contributed by atoms with Gasteiger partial charge in [0.1, 0.15) is 0 Å². The fraction of sp³-hybridized carbons (Fsp3) is 0.400. The van der Waals surface area contributed by atoms with Gasteiger partial charge in [0.25, 0.3) is 5.56 Å². The molecule has 0 spiro atoms. The van der Waals surface area contributed by atoms with Crippen LogP contribution in [0.15, 0.2) is 53.3 Å². The molecule has 3 aromatic rings. The third-order valence-electron chi connectivity index (χ3n) is 5.91. The molecule has 1 aliphatic heterocycles. The number of hydrogen-bond acceptors (Lipinski definition) is 4. The highest BCUT2D eigenvalue weighted by Crippen LogP contribution is 2.19. The lowest BCUT2D eigenvalue weighted by atomic mass is 10.0. The topological polar surface area (TPSA) is 67.2 Å². The molecule has 162 valence electrons. The van der Waals surface area contributed by atoms with Crippen LogP contribution < -0.4 is 15.8 Å². The number of hydrogen-bond donors (Lipinski definition) is 1. The lowest BCUT2D eigenvalue weighted by Gasteiger charge is -2.27. The summed E-state index contributed by atoms with van der Waals surface area (Å²) in [6.45, 7) is 6.31. The van der Waals surface area contributed by atoms with Gasteiger partial charge in [0.05, 0.1) is 11.0 Å². The Labute approximate surface area is 182 Å². The number of anilines is 2. The SMILES string of the molecule is CC(C)c1ccc(NC(=O)CCn2c(=O)c(N3CCCCC3)nc3ccccc32)cc1. The molecule has 0 aliphatic carbocycles. The second kappa shape index (κ2) is 9.33. The Bertz CT molecular complexity index is 1110. The third kappa shape index (κ3) is 4.79. The molecule has 6 heteroatoms. The van der Waals surface area contributed by atoms with E-state index in [9.17, 15) is 9.59 Å². The van der Waals surface area contributed by atoms with Crippen molar-refractivity contribution >= 4 is 28.4 Å². The minimum absolute atomic E-state index is 0.107. The van der Waals surface area contributed by atoms with Crippen LogP contribution in [0.2, 0.25) is 0 Å². The Hall–Kier alpha value is -3.15. The van der Waals surface area contributed by atoms with Gasteiger partial charge in [-0.1, -0.05) is 38.1 Å². The minimum Gasteiger partial charge on any atom is -0.352 e. The number of nitrogens with one attached hydrogen (secondary N) is 1. The smallest absolute Gasteiger partial charge is 0.294 e. The first-order chi connectivity index (χ1) is 15.0. The molecule has 1 aromatic heterocycles. The number of rotatable bonds is 6. The van der Waals surface area contributed by atoms with Crippen LogP contribution in [0, 0.1) is 0 Å². The number of carbonyl (C=O) groups is 1. The number of piperidine rings is 1. The highest BCUT2D eigenvalue weighted by molar-refractivity contribution is 5.90. The normalized spacial score (nSPS) is 14.2. The van der Waals surface area contributed by atoms with Crippen LogP contribution in [-0.4, -0.2) is 28.5 Å². The fourth-order valence-electron chi connectivity index (χ4n) is 4.10. The standard InChI is InChI=1S/C25H30N4O2/c1-18(2)19-10-12-20(13-11-19)26-23(30)14-17-29-22-9-5-4-8-21(22)27-24(25(29)31)28-15-6-3-7-16-28/h4-5,8-13,18H,3,6-7,14-17H2,1-2H3,(H,26,30). The molecule has 0 atom stereocenters. The van der Waals surface area contributed by atoms with Crippen LogP contribution in [0.4, 0.5) is 11.5 Å². The second-order valence-corrected chi connectivity index (χ2v) is 8.50. The molecule has 0 bridgehead atoms. The predicted octanol–water partition coefficient (Wildman–Crippen LogP) is 4.54. The predicted molar refractivity (Wildman–Crippen MR) is 126 cm³/mol. The van der Waals surface area contributed by atoms with Gasteiger partial charge in [-0.25, -0.2) is 4.98 Å². The summed E-state index contributed by atoms with van der Waals surface area (Å²) >= 11 is 0. The van der Waals surface area contributed by atoms with Gasteiger partial charge in [-0.3, -0.25) is 9.59 Å². The minimum atomic E-state index is -0.116. The molecule has 1 amide bonds. The molecule has 0 saturated carbocycles. The van der Waals surface area contributed by atoms with Crippen molar-refractivity contribution < 1.29 is 4.79 Å². The summed E-state index contributed by atoms with van der Waals surface area (Å²) in [6, 6.07) is 15.6. The van der Waals surface area contributed by atoms with Gasteiger partial charge in [-0.15, -0.1) is 0 Å². The zero-order chi connectivity index (χ0) is 21.8. The van der Waals surface area contributed by atoms with Crippen LogP contribution in [0.5, 0.6) is 0 Å². The molecule has 31 heavy (non-hydrogen) atoms. The summed E-state index contributed by atoms with van der Waals surface area (Å²) in [4.78, 5) is 32.6. The lowest BCUT2D eigenvalue weighted by molar-refractivity contribution is -0.116. The first-order valence-corrected chi connectivity index (χ1v) is 11.2. The summed E-state index contributed by atoms with van der Waals surface area (Å²) < 4.78 is 1.70. The van der Waals surface area contributed by atoms with E-state index in [0.29, 0.717) is 18.3 Å². The van der Waals surface area contributed by atoms with Crippen molar-refractivity contribution in [2.45, 2.75) is 52.0 Å². The van der Waals surface area contributed by atoms with Crippen molar-refractivity contribution in [3.63, 3.8) is 0 Å². The van der Waals surface area contributed by atoms with Crippen LogP contribution in [0.3, 0.4) is 0 Å². The Balaban J connectivity index is 1.53. The zero-order valence-corrected chi connectivity index (χ0v) is 18.3. The van der Waals surface area contributed by atoms with Crippen molar-refractivity contribution in [2.24, 2.45) is 0 Å². The molecule has 1 fully saturated rings. The lowest BCUT2D eigenvalue weighted by Crippen LogP contribution is -2.37. The molecule has 0 unspecified atom stereocenters. The maximum absolute atomic E-state index is 13.3. The fourth-order valence-corrected chi connectivity index (χ4v) is 4.10. The van der Waals surface area contributed by atoms with E-state index in [2.05, 4.69) is 29.0 Å². The van der Waals surface area contributed by atoms with E-state index < -0.39 is 0 Å². The number of nitrogens with zero attached hydrogens (tertiary/aromatic N) is 3. The van der Waals surface area contributed by atoms with Crippen LogP contribution >= 0.6 is 0 Å². The zero-order valence-electron chi connectivity index (χ0n) is 18.3. The van der Waals surface area contributed by atoms with Crippen molar-refractivity contribution in [2.75, 3.05) is 23.3 Å². The van der Waals surface area contributed by atoms with Gasteiger partial charge < -0.3 is 14.8 Å². The third-order valence-corrected chi connectivity index (χ3v) is 5.91. The number of benzene rings is 2. The number of carbonyl (C=O) groups excluding carboxylic acids is 1. The number of amides is 1. The van der Waals surface area contributed by atoms with E-state index >= 15 is 0 Å². The van der Waals surface area contributed by atoms with Crippen molar-refractivity contribution in [3.8, 4) is 0 Å². The maximum Gasteiger partial charge on any atom is 0.294 e. The number of aryl methyl sites for hydroxylation is 1. The molecule has 2 heterocycles. The van der Waals surface area contributed by atoms with E-state index in [1.165, 1.54) is 12.0 Å². The summed E-state index contributed by atoms with van der Waals surface area (Å²) in [5.74, 6) is 0.846. The van der Waals surface area contributed by atoms with E-state index in [-0.39, 0.29) is 17.9 Å². The molecule has 2 aromatic carbocycles. The first kappa shape index (κ1) is 21.1. The van der Waals surface area contributed by atoms with Gasteiger partial charge in [0.2, 0.25) is 5.91 Å². The van der Waals surface area contributed by atoms with E-state index in [1.54, 1.807) is 4.57 Å². The average molecular weight is 419 g/mol. The van der Waals surface area contributed by atoms with Crippen LogP contribution in [0.25, 0.3) is 11.0 Å². The summed E-state index contributed by atoms with van der Waals surface area (Å²) in [7, 11) is 0. The van der Waals surface area contributed by atoms with Gasteiger partial charge in [-0.2, -0.15) is 0 Å². The van der Waals surface area contributed by atoms with Crippen LogP contribution in [-0.2, 0) is 11.3 Å². The highest BCUT2D eigenvalue weighted by atomic mass is 16.2. The molecule has 1 N–H and O–H groups in total. The van der Waals surface area contributed by atoms with Crippen molar-refractivity contribution in [1.82, 2.24) is 9.55 Å². The van der Waals surface area contributed by atoms with Gasteiger partial charge in [0, 0.05) is 31.7 Å². The van der Waals surface area contributed by atoms with E-state index in [0.717, 1.165) is 42.7 Å². The Morgan fingerprint density at radius 1 is 1.03 bits per heavy atom. The van der Waals surface area contributed by atoms with E-state index in [1.807, 2.05) is 48.5 Å². The maximum atomic E-state index is 13.3. The highest BCUT2D eigenvalue weighted by Gasteiger charge is 2.19. The second-order valence-electron chi connectivity index (χ2n) is 8.50. The molecule has 4 rings (SSSR count). The quantitative estimate of drug-likeness (QED) is 0.638. The first-order valence-electron chi connectivity index (χ1n) is 11.2. The van der Waals surface area contributed by atoms with Crippen molar-refractivity contribution in [1.29, 1.82) is 0 Å². The Kier molecular flexibility index (Phi) is 6.35. The summed E-state index contributed by atoms with van der Waals surface area (Å²) in [5, 5.41) is 2.94. The molecule has 1 aliphatic rings. The number of aromatic nitrogens is 2. The molecular formula is C25H30N4O2. The van der Waals surface area contributed by atoms with Crippen LogP contribution in [0.1, 0.15) is 51.0 Å². The summed E-state index contributed by atoms with van der Waals surface area (Å²) in [6.07, 6.45) is 3.56. The van der Waals surface area contributed by atoms with Gasteiger partial charge in [-0.05, 0) is 55.0 Å². The Morgan fingerprint density at radius 3 is 2.45 bits per heavy atom. The van der Waals surface area contributed by atoms with Gasteiger partial charge in [0.15, 0.2) is 5.82 Å². The number of para-hydroxylation sites is 2. The summed E-state index contributed by atoms with van der Waals surface area (Å²) in [5.41, 5.74) is 3.44. The monoisotopic (exact) mass is 418 g/mol. The molecular weight excluding hydrogens is 388 g/mol. The Morgan fingerprint density at radius 2 is 1.74 bits per heavy atom. The molecule has 0 radical (unpaired) electrons. The average Bonchev–Trinajstić information content (AvgIpc) is 2.79. The van der Waals surface area contributed by atoms with Gasteiger partial charge >= 0.3 is 0 Å². The largest absolute Gasteiger partial charge is 0.352 e. The number of fused-ring (bicyclic) bond motifs is 1.